The van der Waals surface area contributed by atoms with Crippen molar-refractivity contribution in [3.8, 4) is 0 Å². The molecule has 0 bridgehead atoms. The van der Waals surface area contributed by atoms with E-state index < -0.39 is 10.0 Å². The molecule has 8 heteroatoms. The van der Waals surface area contributed by atoms with Crippen LogP contribution in [0.15, 0.2) is 16.3 Å². The average molecular weight is 318 g/mol. The van der Waals surface area contributed by atoms with Gasteiger partial charge in [0.15, 0.2) is 0 Å². The van der Waals surface area contributed by atoms with Gasteiger partial charge >= 0.3 is 0 Å². The number of hydrogen-bond acceptors (Lipinski definition) is 5. The van der Waals surface area contributed by atoms with Crippen molar-refractivity contribution in [2.45, 2.75) is 23.5 Å². The van der Waals surface area contributed by atoms with E-state index in [9.17, 15) is 13.2 Å². The molecule has 1 aliphatic heterocycles. The molecule has 1 fully saturated rings. The van der Waals surface area contributed by atoms with Gasteiger partial charge in [-0.25, -0.2) is 13.6 Å². The number of ether oxygens (including phenoxy) is 1. The van der Waals surface area contributed by atoms with Crippen molar-refractivity contribution in [1.29, 1.82) is 0 Å². The highest BCUT2D eigenvalue weighted by atomic mass is 32.2. The number of amides is 1. The molecule has 112 valence electrons. The lowest BCUT2D eigenvalue weighted by atomic mass is 10.0. The molecule has 1 atom stereocenters. The number of carbonyl (C=O) groups excluding carboxylic acids is 1. The van der Waals surface area contributed by atoms with Gasteiger partial charge in [0.05, 0.1) is 12.5 Å². The number of carbonyl (C=O) groups is 1. The molecule has 1 saturated heterocycles. The normalized spacial score (nSPS) is 19.8. The largest absolute Gasteiger partial charge is 0.381 e. The average Bonchev–Trinajstić information content (AvgIpc) is 2.88. The molecule has 1 unspecified atom stereocenters. The lowest BCUT2D eigenvalue weighted by Crippen LogP contribution is -2.36. The van der Waals surface area contributed by atoms with E-state index in [0.717, 1.165) is 35.7 Å². The van der Waals surface area contributed by atoms with Gasteiger partial charge in [-0.1, -0.05) is 0 Å². The molecule has 0 radical (unpaired) electrons. The maximum Gasteiger partial charge on any atom is 0.247 e. The first-order chi connectivity index (χ1) is 9.47. The van der Waals surface area contributed by atoms with Crippen molar-refractivity contribution < 1.29 is 17.9 Å². The summed E-state index contributed by atoms with van der Waals surface area (Å²) in [6, 6.07) is 3.21. The van der Waals surface area contributed by atoms with E-state index in [0.29, 0.717) is 19.6 Å². The molecule has 1 aromatic rings. The summed E-state index contributed by atoms with van der Waals surface area (Å²) in [5.74, 6) is -0.0556. The predicted molar refractivity (Wildman–Crippen MR) is 75.9 cm³/mol. The summed E-state index contributed by atoms with van der Waals surface area (Å²) in [5, 5.41) is 7.90. The van der Waals surface area contributed by atoms with E-state index in [1.165, 1.54) is 6.07 Å². The zero-order valence-corrected chi connectivity index (χ0v) is 12.6. The van der Waals surface area contributed by atoms with Gasteiger partial charge in [0.1, 0.15) is 4.21 Å². The summed E-state index contributed by atoms with van der Waals surface area (Å²) in [5.41, 5.74) is 0. The maximum absolute atomic E-state index is 11.8. The predicted octanol–water partition coefficient (Wildman–Crippen LogP) is 0.481. The fourth-order valence-electron chi connectivity index (χ4n) is 2.05. The number of rotatable bonds is 5. The summed E-state index contributed by atoms with van der Waals surface area (Å²) in [4.78, 5) is 12.7. The van der Waals surface area contributed by atoms with Crippen LogP contribution < -0.4 is 10.5 Å². The molecule has 1 aliphatic rings. The van der Waals surface area contributed by atoms with Crippen LogP contribution in [0.4, 0.5) is 0 Å². The Morgan fingerprint density at radius 2 is 2.30 bits per heavy atom. The SMILES string of the molecule is NS(=O)(=O)c1ccc(CCNC(=O)C2CCCOC2)s1. The molecule has 20 heavy (non-hydrogen) atoms. The molecule has 0 aliphatic carbocycles. The van der Waals surface area contributed by atoms with Crippen LogP contribution in [0.25, 0.3) is 0 Å². The Kier molecular flexibility index (Phi) is 5.14. The van der Waals surface area contributed by atoms with Gasteiger partial charge in [-0.3, -0.25) is 4.79 Å². The molecule has 0 spiro atoms. The van der Waals surface area contributed by atoms with E-state index >= 15 is 0 Å². The molecular weight excluding hydrogens is 300 g/mol. The van der Waals surface area contributed by atoms with Gasteiger partial charge in [-0.05, 0) is 31.4 Å². The summed E-state index contributed by atoms with van der Waals surface area (Å²) >= 11 is 1.14. The van der Waals surface area contributed by atoms with Crippen LogP contribution in [0.3, 0.4) is 0 Å². The first-order valence-corrected chi connectivity index (χ1v) is 8.80. The van der Waals surface area contributed by atoms with Crippen LogP contribution in [-0.2, 0) is 26.0 Å². The summed E-state index contributed by atoms with van der Waals surface area (Å²) in [7, 11) is -3.63. The number of sulfonamides is 1. The first kappa shape index (κ1) is 15.4. The molecule has 0 aromatic carbocycles. The van der Waals surface area contributed by atoms with E-state index in [1.807, 2.05) is 0 Å². The van der Waals surface area contributed by atoms with Crippen molar-refractivity contribution in [3.05, 3.63) is 17.0 Å². The van der Waals surface area contributed by atoms with Crippen LogP contribution in [0.1, 0.15) is 17.7 Å². The van der Waals surface area contributed by atoms with Gasteiger partial charge in [0.2, 0.25) is 15.9 Å². The number of thiophene rings is 1. The zero-order valence-electron chi connectivity index (χ0n) is 11.0. The van der Waals surface area contributed by atoms with Crippen LogP contribution in [0, 0.1) is 5.92 Å². The number of nitrogens with one attached hydrogen (secondary N) is 1. The summed E-state index contributed by atoms with van der Waals surface area (Å²) in [6.07, 6.45) is 2.38. The fraction of sp³-hybridized carbons (Fsp3) is 0.583. The zero-order chi connectivity index (χ0) is 14.6. The minimum absolute atomic E-state index is 0.00734. The van der Waals surface area contributed by atoms with Gasteiger partial charge < -0.3 is 10.1 Å². The van der Waals surface area contributed by atoms with Gasteiger partial charge in [-0.15, -0.1) is 11.3 Å². The molecule has 6 nitrogen and oxygen atoms in total. The molecule has 2 rings (SSSR count). The summed E-state index contributed by atoms with van der Waals surface area (Å²) < 4.78 is 27.7. The third-order valence-corrected chi connectivity index (χ3v) is 5.70. The molecule has 1 aromatic heterocycles. The van der Waals surface area contributed by atoms with Crippen molar-refractivity contribution >= 4 is 27.3 Å². The Bertz CT molecular complexity index is 562. The standard InChI is InChI=1S/C12H18N2O4S2/c13-20(16,17)11-4-3-10(19-11)5-6-14-12(15)9-2-1-7-18-8-9/h3-4,9H,1-2,5-8H2,(H,14,15)(H2,13,16,17). The topological polar surface area (TPSA) is 98.5 Å². The van der Waals surface area contributed by atoms with E-state index in [2.05, 4.69) is 5.32 Å². The van der Waals surface area contributed by atoms with Gasteiger partial charge in [0, 0.05) is 18.0 Å². The highest BCUT2D eigenvalue weighted by Gasteiger charge is 2.21. The fourth-order valence-corrected chi connectivity index (χ4v) is 3.82. The van der Waals surface area contributed by atoms with Crippen LogP contribution in [0.5, 0.6) is 0 Å². The third-order valence-electron chi connectivity index (χ3n) is 3.12. The second-order valence-corrected chi connectivity index (χ2v) is 7.68. The Morgan fingerprint density at radius 1 is 1.50 bits per heavy atom. The van der Waals surface area contributed by atoms with E-state index in [4.69, 9.17) is 9.88 Å². The molecular formula is C12H18N2O4S2. The molecule has 0 saturated carbocycles. The molecule has 1 amide bonds. The number of nitrogens with two attached hydrogens (primary N) is 1. The van der Waals surface area contributed by atoms with Crippen LogP contribution in [-0.4, -0.2) is 34.1 Å². The highest BCUT2D eigenvalue weighted by molar-refractivity contribution is 7.91. The Hall–Kier alpha value is -0.960. The van der Waals surface area contributed by atoms with Crippen LogP contribution in [0.2, 0.25) is 0 Å². The second-order valence-electron chi connectivity index (χ2n) is 4.72. The Labute approximate surface area is 122 Å². The van der Waals surface area contributed by atoms with Crippen molar-refractivity contribution in [3.63, 3.8) is 0 Å². The summed E-state index contributed by atoms with van der Waals surface area (Å²) in [6.45, 7) is 1.70. The highest BCUT2D eigenvalue weighted by Crippen LogP contribution is 2.20. The van der Waals surface area contributed by atoms with Crippen molar-refractivity contribution in [1.82, 2.24) is 5.32 Å². The lowest BCUT2D eigenvalue weighted by Gasteiger charge is -2.21. The minimum atomic E-state index is -3.63. The minimum Gasteiger partial charge on any atom is -0.381 e. The van der Waals surface area contributed by atoms with E-state index in [1.54, 1.807) is 6.07 Å². The van der Waals surface area contributed by atoms with Crippen molar-refractivity contribution in [2.75, 3.05) is 19.8 Å². The molecule has 3 N–H and O–H groups in total. The van der Waals surface area contributed by atoms with Crippen LogP contribution >= 0.6 is 11.3 Å². The quantitative estimate of drug-likeness (QED) is 0.825. The first-order valence-electron chi connectivity index (χ1n) is 6.44. The number of primary sulfonamides is 1. The van der Waals surface area contributed by atoms with E-state index in [-0.39, 0.29) is 16.0 Å². The Morgan fingerprint density at radius 3 is 2.90 bits per heavy atom. The van der Waals surface area contributed by atoms with Crippen molar-refractivity contribution in [2.24, 2.45) is 11.1 Å². The maximum atomic E-state index is 11.8. The monoisotopic (exact) mass is 318 g/mol. The van der Waals surface area contributed by atoms with Gasteiger partial charge in [0.25, 0.3) is 0 Å². The smallest absolute Gasteiger partial charge is 0.247 e. The number of hydrogen-bond donors (Lipinski definition) is 2. The third kappa shape index (κ3) is 4.27. The molecule has 2 heterocycles. The second kappa shape index (κ2) is 6.66. The van der Waals surface area contributed by atoms with Gasteiger partial charge in [-0.2, -0.15) is 0 Å². The lowest BCUT2D eigenvalue weighted by molar-refractivity contribution is -0.128. The Balaban J connectivity index is 1.78.